The molecule has 0 amide bonds. The van der Waals surface area contributed by atoms with Gasteiger partial charge >= 0.3 is 0 Å². The van der Waals surface area contributed by atoms with Gasteiger partial charge in [0.25, 0.3) is 0 Å². The molecule has 0 bridgehead atoms. The highest BCUT2D eigenvalue weighted by atomic mass is 32.2. The Morgan fingerprint density at radius 1 is 1.47 bits per heavy atom. The van der Waals surface area contributed by atoms with Crippen molar-refractivity contribution in [1.82, 2.24) is 5.32 Å². The first-order chi connectivity index (χ1) is 8.19. The molecule has 0 saturated heterocycles. The maximum absolute atomic E-state index is 13.7. The minimum atomic E-state index is -0.215. The third-order valence-corrected chi connectivity index (χ3v) is 3.44. The first-order valence-electron chi connectivity index (χ1n) is 5.86. The molecule has 1 atom stereocenters. The predicted molar refractivity (Wildman–Crippen MR) is 72.4 cm³/mol. The zero-order valence-corrected chi connectivity index (χ0v) is 11.4. The number of ether oxygens (including phenoxy) is 1. The highest BCUT2D eigenvalue weighted by Crippen LogP contribution is 2.21. The fraction of sp³-hybridized carbons (Fsp3) is 0.538. The molecule has 2 nitrogen and oxygen atoms in total. The Bertz CT molecular complexity index is 346. The molecule has 0 saturated carbocycles. The summed E-state index contributed by atoms with van der Waals surface area (Å²) >= 11 is 1.81. The van der Waals surface area contributed by atoms with E-state index in [4.69, 9.17) is 4.74 Å². The Hall–Kier alpha value is -0.740. The summed E-state index contributed by atoms with van der Waals surface area (Å²) in [4.78, 5) is 0. The van der Waals surface area contributed by atoms with Crippen molar-refractivity contribution in [3.8, 4) is 5.75 Å². The number of halogens is 1. The average Bonchev–Trinajstić information content (AvgIpc) is 2.34. The first-order valence-corrected chi connectivity index (χ1v) is 7.01. The average molecular weight is 257 g/mol. The van der Waals surface area contributed by atoms with E-state index in [1.807, 2.05) is 31.8 Å². The van der Waals surface area contributed by atoms with Gasteiger partial charge in [0.2, 0.25) is 0 Å². The Labute approximate surface area is 107 Å². The van der Waals surface area contributed by atoms with Crippen LogP contribution < -0.4 is 10.1 Å². The van der Waals surface area contributed by atoms with Gasteiger partial charge in [0, 0.05) is 23.4 Å². The van der Waals surface area contributed by atoms with E-state index in [0.29, 0.717) is 17.9 Å². The number of nitrogens with one attached hydrogen (secondary N) is 1. The van der Waals surface area contributed by atoms with Crippen LogP contribution in [0.4, 0.5) is 4.39 Å². The van der Waals surface area contributed by atoms with Crippen molar-refractivity contribution in [3.63, 3.8) is 0 Å². The first kappa shape index (κ1) is 14.3. The van der Waals surface area contributed by atoms with Crippen LogP contribution >= 0.6 is 11.8 Å². The summed E-state index contributed by atoms with van der Waals surface area (Å²) in [5.74, 6) is 2.40. The normalized spacial score (nSPS) is 12.5. The Kier molecular flexibility index (Phi) is 6.37. The van der Waals surface area contributed by atoms with Gasteiger partial charge in [-0.2, -0.15) is 11.8 Å². The maximum Gasteiger partial charge on any atom is 0.131 e. The fourth-order valence-corrected chi connectivity index (χ4v) is 1.96. The zero-order valence-electron chi connectivity index (χ0n) is 10.6. The molecular formula is C13H20FNOS. The molecule has 0 aromatic heterocycles. The highest BCUT2D eigenvalue weighted by molar-refractivity contribution is 7.99. The molecule has 0 aliphatic carbocycles. The second kappa shape index (κ2) is 7.56. The van der Waals surface area contributed by atoms with Crippen LogP contribution in [-0.4, -0.2) is 25.2 Å². The van der Waals surface area contributed by atoms with Gasteiger partial charge in [0.1, 0.15) is 11.6 Å². The second-order valence-electron chi connectivity index (χ2n) is 3.74. The monoisotopic (exact) mass is 257 g/mol. The van der Waals surface area contributed by atoms with Gasteiger partial charge in [-0.05, 0) is 25.8 Å². The Morgan fingerprint density at radius 2 is 2.24 bits per heavy atom. The van der Waals surface area contributed by atoms with E-state index in [-0.39, 0.29) is 11.9 Å². The van der Waals surface area contributed by atoms with Crippen molar-refractivity contribution in [2.24, 2.45) is 0 Å². The molecule has 1 rings (SSSR count). The summed E-state index contributed by atoms with van der Waals surface area (Å²) in [5, 5.41) is 3.02. The van der Waals surface area contributed by atoms with Gasteiger partial charge in [0.15, 0.2) is 0 Å². The SMILES string of the molecule is CCSCCOc1ccc(C(C)NC)c(F)c1. The summed E-state index contributed by atoms with van der Waals surface area (Å²) in [7, 11) is 1.82. The number of rotatable bonds is 7. The van der Waals surface area contributed by atoms with Gasteiger partial charge in [-0.25, -0.2) is 4.39 Å². The van der Waals surface area contributed by atoms with Crippen LogP contribution in [0.5, 0.6) is 5.75 Å². The van der Waals surface area contributed by atoms with E-state index in [9.17, 15) is 4.39 Å². The van der Waals surface area contributed by atoms with Crippen molar-refractivity contribution in [3.05, 3.63) is 29.6 Å². The van der Waals surface area contributed by atoms with Crippen LogP contribution in [0, 0.1) is 5.82 Å². The van der Waals surface area contributed by atoms with Gasteiger partial charge < -0.3 is 10.1 Å². The van der Waals surface area contributed by atoms with Crippen LogP contribution in [0.3, 0.4) is 0 Å². The third kappa shape index (κ3) is 4.56. The van der Waals surface area contributed by atoms with E-state index in [0.717, 1.165) is 11.5 Å². The van der Waals surface area contributed by atoms with E-state index < -0.39 is 0 Å². The lowest BCUT2D eigenvalue weighted by Gasteiger charge is -2.13. The van der Waals surface area contributed by atoms with Crippen molar-refractivity contribution in [2.45, 2.75) is 19.9 Å². The Morgan fingerprint density at radius 3 is 2.82 bits per heavy atom. The molecule has 96 valence electrons. The topological polar surface area (TPSA) is 21.3 Å². The summed E-state index contributed by atoms with van der Waals surface area (Å²) in [6.07, 6.45) is 0. The molecule has 4 heteroatoms. The van der Waals surface area contributed by atoms with Gasteiger partial charge in [0.05, 0.1) is 6.61 Å². The third-order valence-electron chi connectivity index (χ3n) is 2.57. The van der Waals surface area contributed by atoms with Crippen LogP contribution in [0.15, 0.2) is 18.2 Å². The van der Waals surface area contributed by atoms with Crippen molar-refractivity contribution >= 4 is 11.8 Å². The number of hydrogen-bond acceptors (Lipinski definition) is 3. The summed E-state index contributed by atoms with van der Waals surface area (Å²) in [6.45, 7) is 4.66. The van der Waals surface area contributed by atoms with E-state index in [2.05, 4.69) is 12.2 Å². The smallest absolute Gasteiger partial charge is 0.131 e. The molecule has 0 radical (unpaired) electrons. The van der Waals surface area contributed by atoms with E-state index >= 15 is 0 Å². The van der Waals surface area contributed by atoms with Crippen LogP contribution in [-0.2, 0) is 0 Å². The fourth-order valence-electron chi connectivity index (χ4n) is 1.47. The predicted octanol–water partition coefficient (Wildman–Crippen LogP) is 3.24. The molecule has 1 unspecified atom stereocenters. The summed E-state index contributed by atoms with van der Waals surface area (Å²) in [6, 6.07) is 5.07. The van der Waals surface area contributed by atoms with Gasteiger partial charge in [-0.1, -0.05) is 13.0 Å². The number of hydrogen-bond donors (Lipinski definition) is 1. The minimum Gasteiger partial charge on any atom is -0.493 e. The standard InChI is InChI=1S/C13H20FNOS/c1-4-17-8-7-16-11-5-6-12(10(2)15-3)13(14)9-11/h5-6,9-10,15H,4,7-8H2,1-3H3. The van der Waals surface area contributed by atoms with Crippen molar-refractivity contribution in [1.29, 1.82) is 0 Å². The van der Waals surface area contributed by atoms with Crippen molar-refractivity contribution < 1.29 is 9.13 Å². The van der Waals surface area contributed by atoms with E-state index in [1.54, 1.807) is 6.07 Å². The maximum atomic E-state index is 13.7. The minimum absolute atomic E-state index is 0.0136. The van der Waals surface area contributed by atoms with Crippen LogP contribution in [0.25, 0.3) is 0 Å². The summed E-state index contributed by atoms with van der Waals surface area (Å²) in [5.41, 5.74) is 0.669. The van der Waals surface area contributed by atoms with E-state index in [1.165, 1.54) is 6.07 Å². The van der Waals surface area contributed by atoms with Gasteiger partial charge in [-0.3, -0.25) is 0 Å². The molecule has 0 aliphatic rings. The molecule has 1 N–H and O–H groups in total. The lowest BCUT2D eigenvalue weighted by Crippen LogP contribution is -2.14. The largest absolute Gasteiger partial charge is 0.493 e. The lowest BCUT2D eigenvalue weighted by atomic mass is 10.1. The molecule has 0 heterocycles. The number of thioether (sulfide) groups is 1. The van der Waals surface area contributed by atoms with Crippen LogP contribution in [0.2, 0.25) is 0 Å². The zero-order chi connectivity index (χ0) is 12.7. The Balaban J connectivity index is 2.56. The molecule has 1 aromatic carbocycles. The highest BCUT2D eigenvalue weighted by Gasteiger charge is 2.09. The molecule has 0 fully saturated rings. The number of benzene rings is 1. The van der Waals surface area contributed by atoms with Gasteiger partial charge in [-0.15, -0.1) is 0 Å². The molecule has 1 aromatic rings. The molecule has 17 heavy (non-hydrogen) atoms. The lowest BCUT2D eigenvalue weighted by molar-refractivity contribution is 0.341. The summed E-state index contributed by atoms with van der Waals surface area (Å²) < 4.78 is 19.2. The van der Waals surface area contributed by atoms with Crippen molar-refractivity contribution in [2.75, 3.05) is 25.2 Å². The molecule has 0 spiro atoms. The van der Waals surface area contributed by atoms with Crippen LogP contribution in [0.1, 0.15) is 25.5 Å². The second-order valence-corrected chi connectivity index (χ2v) is 5.13. The molecular weight excluding hydrogens is 237 g/mol. The molecule has 0 aliphatic heterocycles. The quantitative estimate of drug-likeness (QED) is 0.758.